The first-order chi connectivity index (χ1) is 9.40. The molecule has 0 radical (unpaired) electrons. The van der Waals surface area contributed by atoms with Crippen LogP contribution in [-0.4, -0.2) is 37.6 Å². The molecule has 4 nitrogen and oxygen atoms in total. The predicted octanol–water partition coefficient (Wildman–Crippen LogP) is 3.73. The summed E-state index contributed by atoms with van der Waals surface area (Å²) in [5.74, 6) is 1.53. The molecule has 0 aromatic heterocycles. The van der Waals surface area contributed by atoms with E-state index in [4.69, 9.17) is 19.5 Å². The van der Waals surface area contributed by atoms with Gasteiger partial charge in [-0.2, -0.15) is 0 Å². The molecule has 1 heterocycles. The quantitative estimate of drug-likeness (QED) is 0.714. The molecule has 0 unspecified atom stereocenters. The van der Waals surface area contributed by atoms with E-state index in [2.05, 4.69) is 42.9 Å². The van der Waals surface area contributed by atoms with Gasteiger partial charge in [-0.05, 0) is 16.8 Å². The summed E-state index contributed by atoms with van der Waals surface area (Å²) in [7, 11) is 3.25. The third-order valence-electron chi connectivity index (χ3n) is 3.23. The predicted molar refractivity (Wildman–Crippen MR) is 87.7 cm³/mol. The largest absolute Gasteiger partial charge is 0.483 e. The summed E-state index contributed by atoms with van der Waals surface area (Å²) in [5, 5.41) is 0. The molecule has 0 spiro atoms. The first-order valence-corrected chi connectivity index (χ1v) is 7.39. The Labute approximate surface area is 129 Å². The molecule has 0 aromatic rings. The Morgan fingerprint density at radius 2 is 2.10 bits per heavy atom. The van der Waals surface area contributed by atoms with Crippen molar-refractivity contribution < 1.29 is 9.47 Å². The second-order valence-corrected chi connectivity index (χ2v) is 6.32. The zero-order valence-corrected chi connectivity index (χ0v) is 14.2. The van der Waals surface area contributed by atoms with Gasteiger partial charge < -0.3 is 9.47 Å². The van der Waals surface area contributed by atoms with Crippen molar-refractivity contribution in [2.45, 2.75) is 38.3 Å². The Balaban J connectivity index is 3.32. The van der Waals surface area contributed by atoms with Crippen LogP contribution in [0.2, 0.25) is 0 Å². The Morgan fingerprint density at radius 1 is 1.45 bits per heavy atom. The highest BCUT2D eigenvalue weighted by Gasteiger charge is 2.42. The molecule has 0 bridgehead atoms. The van der Waals surface area contributed by atoms with E-state index in [0.29, 0.717) is 24.6 Å². The summed E-state index contributed by atoms with van der Waals surface area (Å²) in [5.41, 5.74) is -0.617. The monoisotopic (exact) mass is 342 g/mol. The third kappa shape index (κ3) is 3.51. The van der Waals surface area contributed by atoms with Crippen LogP contribution in [0.15, 0.2) is 33.7 Å². The van der Waals surface area contributed by atoms with Crippen molar-refractivity contribution >= 4 is 27.7 Å². The molecular weight excluding hydrogens is 320 g/mol. The van der Waals surface area contributed by atoms with Crippen molar-refractivity contribution in [2.24, 2.45) is 15.9 Å². The molecule has 1 aliphatic rings. The Bertz CT molecular complexity index is 443. The Morgan fingerprint density at radius 3 is 2.50 bits per heavy atom. The maximum absolute atomic E-state index is 5.51. The third-order valence-corrected chi connectivity index (χ3v) is 3.51. The second-order valence-electron chi connectivity index (χ2n) is 5.20. The molecule has 1 aliphatic heterocycles. The van der Waals surface area contributed by atoms with Gasteiger partial charge in [0, 0.05) is 6.42 Å². The molecule has 0 aliphatic carbocycles. The summed E-state index contributed by atoms with van der Waals surface area (Å²) >= 11 is 3.41. The van der Waals surface area contributed by atoms with Gasteiger partial charge in [-0.15, -0.1) is 6.58 Å². The van der Waals surface area contributed by atoms with Crippen molar-refractivity contribution in [3.05, 3.63) is 23.7 Å². The van der Waals surface area contributed by atoms with Gasteiger partial charge in [-0.3, -0.25) is 0 Å². The standard InChI is InChI=1S/C15H23BrN2O2/c1-7-8-15(9-11(4)16)14(20-6)17-12(10(2)3)13(18-15)19-5/h7,10,12H,1,4,8-9H2,2-3,5-6H3/t12-,15+/m1/s1. The topological polar surface area (TPSA) is 43.2 Å². The van der Waals surface area contributed by atoms with Gasteiger partial charge >= 0.3 is 0 Å². The van der Waals surface area contributed by atoms with Crippen LogP contribution in [0, 0.1) is 5.92 Å². The SMILES string of the molecule is C=CC[C@@]1(CC(=C)Br)N=C(OC)[C@@H](C(C)C)N=C1OC. The minimum Gasteiger partial charge on any atom is -0.483 e. The first-order valence-electron chi connectivity index (χ1n) is 6.60. The summed E-state index contributed by atoms with van der Waals surface area (Å²) in [6.07, 6.45) is 3.02. The number of methoxy groups -OCH3 is 2. The molecule has 0 saturated heterocycles. The van der Waals surface area contributed by atoms with E-state index < -0.39 is 5.54 Å². The van der Waals surface area contributed by atoms with Crippen LogP contribution >= 0.6 is 15.9 Å². The maximum atomic E-state index is 5.51. The van der Waals surface area contributed by atoms with Crippen molar-refractivity contribution in [2.75, 3.05) is 14.2 Å². The van der Waals surface area contributed by atoms with Crippen molar-refractivity contribution in [1.29, 1.82) is 0 Å². The Hall–Kier alpha value is -1.10. The van der Waals surface area contributed by atoms with Gasteiger partial charge in [0.05, 0.1) is 14.2 Å². The number of aliphatic imine (C=N–C) groups is 2. The molecule has 20 heavy (non-hydrogen) atoms. The van der Waals surface area contributed by atoms with Crippen molar-refractivity contribution in [3.63, 3.8) is 0 Å². The lowest BCUT2D eigenvalue weighted by Gasteiger charge is -2.35. The molecule has 5 heteroatoms. The summed E-state index contributed by atoms with van der Waals surface area (Å²) in [6, 6.07) is -0.114. The lowest BCUT2D eigenvalue weighted by molar-refractivity contribution is 0.304. The van der Waals surface area contributed by atoms with Crippen LogP contribution < -0.4 is 0 Å². The molecule has 0 amide bonds. The number of hydrogen-bond donors (Lipinski definition) is 0. The average molecular weight is 343 g/mol. The van der Waals surface area contributed by atoms with Crippen molar-refractivity contribution in [1.82, 2.24) is 0 Å². The second kappa shape index (κ2) is 7.07. The zero-order valence-electron chi connectivity index (χ0n) is 12.6. The molecule has 0 fully saturated rings. The van der Waals surface area contributed by atoms with Gasteiger partial charge in [-0.25, -0.2) is 9.98 Å². The van der Waals surface area contributed by atoms with Crippen molar-refractivity contribution in [3.8, 4) is 0 Å². The molecule has 0 N–H and O–H groups in total. The molecule has 0 aromatic carbocycles. The summed E-state index contributed by atoms with van der Waals surface area (Å²) < 4.78 is 11.8. The van der Waals surface area contributed by atoms with E-state index in [1.165, 1.54) is 0 Å². The maximum Gasteiger partial charge on any atom is 0.213 e. The normalized spacial score (nSPS) is 25.8. The van der Waals surface area contributed by atoms with Crippen LogP contribution in [0.5, 0.6) is 0 Å². The smallest absolute Gasteiger partial charge is 0.213 e. The van der Waals surface area contributed by atoms with Gasteiger partial charge in [0.1, 0.15) is 11.6 Å². The van der Waals surface area contributed by atoms with E-state index >= 15 is 0 Å². The number of hydrogen-bond acceptors (Lipinski definition) is 4. The minimum atomic E-state index is -0.617. The van der Waals surface area contributed by atoms with Gasteiger partial charge in [-0.1, -0.05) is 42.4 Å². The average Bonchev–Trinajstić information content (AvgIpc) is 2.37. The molecular formula is C15H23BrN2O2. The number of halogens is 1. The van der Waals surface area contributed by atoms with E-state index in [9.17, 15) is 0 Å². The van der Waals surface area contributed by atoms with Gasteiger partial charge in [0.2, 0.25) is 11.8 Å². The van der Waals surface area contributed by atoms with Crippen LogP contribution in [0.3, 0.4) is 0 Å². The Kier molecular flexibility index (Phi) is 5.99. The van der Waals surface area contributed by atoms with E-state index in [0.717, 1.165) is 4.48 Å². The summed E-state index contributed by atoms with van der Waals surface area (Å²) in [4.78, 5) is 9.50. The summed E-state index contributed by atoms with van der Waals surface area (Å²) in [6.45, 7) is 11.9. The zero-order chi connectivity index (χ0) is 15.3. The van der Waals surface area contributed by atoms with Crippen LogP contribution in [-0.2, 0) is 9.47 Å². The van der Waals surface area contributed by atoms with Crippen LogP contribution in [0.25, 0.3) is 0 Å². The van der Waals surface area contributed by atoms with E-state index in [1.807, 2.05) is 6.08 Å². The first kappa shape index (κ1) is 17.0. The molecule has 0 saturated carbocycles. The minimum absolute atomic E-state index is 0.114. The van der Waals surface area contributed by atoms with Crippen LogP contribution in [0.1, 0.15) is 26.7 Å². The van der Waals surface area contributed by atoms with E-state index in [-0.39, 0.29) is 12.0 Å². The fourth-order valence-corrected chi connectivity index (χ4v) is 2.81. The highest BCUT2D eigenvalue weighted by Crippen LogP contribution is 2.34. The van der Waals surface area contributed by atoms with E-state index in [1.54, 1.807) is 14.2 Å². The number of ether oxygens (including phenoxy) is 2. The molecule has 112 valence electrons. The highest BCUT2D eigenvalue weighted by atomic mass is 79.9. The number of rotatable bonds is 5. The fourth-order valence-electron chi connectivity index (χ4n) is 2.35. The number of nitrogens with zero attached hydrogens (tertiary/aromatic N) is 2. The van der Waals surface area contributed by atoms with Gasteiger partial charge in [0.15, 0.2) is 0 Å². The highest BCUT2D eigenvalue weighted by molar-refractivity contribution is 9.11. The van der Waals surface area contributed by atoms with Crippen LogP contribution in [0.4, 0.5) is 0 Å². The lowest BCUT2D eigenvalue weighted by atomic mass is 9.88. The van der Waals surface area contributed by atoms with Gasteiger partial charge in [0.25, 0.3) is 0 Å². The molecule has 1 rings (SSSR count). The lowest BCUT2D eigenvalue weighted by Crippen LogP contribution is -2.46. The fraction of sp³-hybridized carbons (Fsp3) is 0.600. The molecule has 2 atom stereocenters.